The molecule has 3 heterocycles. The number of rotatable bonds is 5. The minimum Gasteiger partial charge on any atom is -0.436 e. The van der Waals surface area contributed by atoms with E-state index in [0.717, 1.165) is 16.5 Å². The lowest BCUT2D eigenvalue weighted by Crippen LogP contribution is -2.07. The fourth-order valence-electron chi connectivity index (χ4n) is 2.55. The van der Waals surface area contributed by atoms with Gasteiger partial charge in [0.25, 0.3) is 0 Å². The molecule has 0 bridgehead atoms. The zero-order chi connectivity index (χ0) is 18.6. The Balaban J connectivity index is 1.50. The van der Waals surface area contributed by atoms with Crippen LogP contribution in [0.15, 0.2) is 61.2 Å². The summed E-state index contributed by atoms with van der Waals surface area (Å²) in [4.78, 5) is 16.8. The molecule has 4 rings (SSSR count). The number of anilines is 2. The van der Waals surface area contributed by atoms with Crippen LogP contribution in [0.5, 0.6) is 11.6 Å². The van der Waals surface area contributed by atoms with Crippen LogP contribution in [0.25, 0.3) is 10.9 Å². The maximum atomic E-state index is 5.93. The van der Waals surface area contributed by atoms with E-state index in [1.165, 1.54) is 12.4 Å². The average molecular weight is 379 g/mol. The number of halogens is 1. The smallest absolute Gasteiger partial charge is 0.240 e. The van der Waals surface area contributed by atoms with Gasteiger partial charge in [0, 0.05) is 30.4 Å². The molecule has 0 saturated carbocycles. The summed E-state index contributed by atoms with van der Waals surface area (Å²) in [6.45, 7) is 0.534. The fourth-order valence-corrected chi connectivity index (χ4v) is 2.72. The molecule has 8 heteroatoms. The van der Waals surface area contributed by atoms with Gasteiger partial charge in [0.05, 0.1) is 22.9 Å². The number of hydrogen-bond acceptors (Lipinski definition) is 7. The first-order valence-electron chi connectivity index (χ1n) is 8.16. The van der Waals surface area contributed by atoms with Gasteiger partial charge in [-0.05, 0) is 23.8 Å². The Hall–Kier alpha value is -3.45. The fraction of sp³-hybridized carbons (Fsp3) is 0.0526. The Morgan fingerprint density at radius 3 is 2.89 bits per heavy atom. The predicted octanol–water partition coefficient (Wildman–Crippen LogP) is 4.06. The summed E-state index contributed by atoms with van der Waals surface area (Å²) in [5, 5.41) is 4.73. The zero-order valence-corrected chi connectivity index (χ0v) is 14.9. The third-order valence-corrected chi connectivity index (χ3v) is 4.01. The van der Waals surface area contributed by atoms with Gasteiger partial charge >= 0.3 is 0 Å². The highest BCUT2D eigenvalue weighted by atomic mass is 35.5. The Labute approximate surface area is 160 Å². The van der Waals surface area contributed by atoms with Crippen molar-refractivity contribution in [1.29, 1.82) is 0 Å². The number of pyridine rings is 2. The summed E-state index contributed by atoms with van der Waals surface area (Å²) in [7, 11) is 0. The molecule has 0 spiro atoms. The minimum absolute atomic E-state index is 0.286. The van der Waals surface area contributed by atoms with E-state index >= 15 is 0 Å². The Morgan fingerprint density at radius 2 is 2.00 bits per heavy atom. The van der Waals surface area contributed by atoms with Crippen molar-refractivity contribution in [1.82, 2.24) is 19.9 Å². The van der Waals surface area contributed by atoms with E-state index < -0.39 is 0 Å². The molecular formula is C19H15ClN6O. The van der Waals surface area contributed by atoms with Crippen LogP contribution in [-0.4, -0.2) is 19.9 Å². The second-order valence-electron chi connectivity index (χ2n) is 5.77. The molecule has 3 N–H and O–H groups in total. The van der Waals surface area contributed by atoms with E-state index in [9.17, 15) is 0 Å². The van der Waals surface area contributed by atoms with E-state index in [-0.39, 0.29) is 5.82 Å². The molecule has 0 unspecified atom stereocenters. The number of nitrogen functional groups attached to an aromatic ring is 1. The van der Waals surface area contributed by atoms with Gasteiger partial charge in [-0.25, -0.2) is 4.98 Å². The lowest BCUT2D eigenvalue weighted by Gasteiger charge is -2.10. The van der Waals surface area contributed by atoms with Crippen molar-refractivity contribution < 1.29 is 4.74 Å². The number of aromatic nitrogens is 4. The molecule has 0 radical (unpaired) electrons. The van der Waals surface area contributed by atoms with E-state index in [2.05, 4.69) is 31.3 Å². The number of benzene rings is 1. The third-order valence-electron chi connectivity index (χ3n) is 3.81. The molecule has 7 nitrogen and oxygen atoms in total. The van der Waals surface area contributed by atoms with Crippen molar-refractivity contribution in [3.8, 4) is 11.6 Å². The summed E-state index contributed by atoms with van der Waals surface area (Å²) in [5.41, 5.74) is 7.95. The third kappa shape index (κ3) is 4.04. The van der Waals surface area contributed by atoms with Crippen LogP contribution < -0.4 is 15.8 Å². The predicted molar refractivity (Wildman–Crippen MR) is 105 cm³/mol. The number of ether oxygens (including phenoxy) is 1. The van der Waals surface area contributed by atoms with Crippen molar-refractivity contribution in [2.75, 3.05) is 11.1 Å². The van der Waals surface area contributed by atoms with Crippen LogP contribution >= 0.6 is 11.6 Å². The molecule has 0 aliphatic rings. The topological polar surface area (TPSA) is 98.8 Å². The highest BCUT2D eigenvalue weighted by Gasteiger charge is 2.08. The van der Waals surface area contributed by atoms with Crippen molar-refractivity contribution in [3.05, 3.63) is 71.8 Å². The van der Waals surface area contributed by atoms with Crippen LogP contribution in [0.3, 0.4) is 0 Å². The normalized spacial score (nSPS) is 10.7. The highest BCUT2D eigenvalue weighted by Crippen LogP contribution is 2.24. The van der Waals surface area contributed by atoms with Gasteiger partial charge < -0.3 is 15.8 Å². The maximum Gasteiger partial charge on any atom is 0.240 e. The van der Waals surface area contributed by atoms with Crippen LogP contribution in [0, 0.1) is 0 Å². The van der Waals surface area contributed by atoms with Crippen molar-refractivity contribution in [3.63, 3.8) is 0 Å². The quantitative estimate of drug-likeness (QED) is 0.540. The largest absolute Gasteiger partial charge is 0.436 e. The second kappa shape index (κ2) is 7.43. The van der Waals surface area contributed by atoms with Gasteiger partial charge in [-0.2, -0.15) is 4.98 Å². The number of nitrogens with one attached hydrogen (secondary N) is 1. The summed E-state index contributed by atoms with van der Waals surface area (Å²) >= 11 is 5.91. The van der Waals surface area contributed by atoms with E-state index in [1.54, 1.807) is 18.5 Å². The van der Waals surface area contributed by atoms with Gasteiger partial charge in [0.15, 0.2) is 11.6 Å². The highest BCUT2D eigenvalue weighted by molar-refractivity contribution is 6.30. The first-order valence-corrected chi connectivity index (χ1v) is 8.53. The van der Waals surface area contributed by atoms with Gasteiger partial charge in [0.1, 0.15) is 5.75 Å². The molecule has 0 aliphatic heterocycles. The second-order valence-corrected chi connectivity index (χ2v) is 6.20. The van der Waals surface area contributed by atoms with Crippen LogP contribution in [-0.2, 0) is 6.54 Å². The standard InChI is InChI=1S/C19H15ClN6O/c20-14-7-15(10-22-9-14)27-17-11-24-18(21)19(26-17)25-8-12-3-4-16-13(6-12)2-1-5-23-16/h1-7,9-11H,8H2,(H2,21,24)(H,25,26). The van der Waals surface area contributed by atoms with Crippen molar-refractivity contribution in [2.45, 2.75) is 6.54 Å². The molecule has 1 aromatic carbocycles. The molecule has 4 aromatic rings. The van der Waals surface area contributed by atoms with Crippen molar-refractivity contribution >= 4 is 34.1 Å². The minimum atomic E-state index is 0.286. The van der Waals surface area contributed by atoms with E-state index in [0.29, 0.717) is 29.0 Å². The van der Waals surface area contributed by atoms with Gasteiger partial charge in [-0.3, -0.25) is 9.97 Å². The zero-order valence-electron chi connectivity index (χ0n) is 14.1. The molecule has 27 heavy (non-hydrogen) atoms. The summed E-state index contributed by atoms with van der Waals surface area (Å²) in [6, 6.07) is 11.6. The number of hydrogen-bond donors (Lipinski definition) is 2. The lowest BCUT2D eigenvalue weighted by atomic mass is 10.1. The molecule has 0 atom stereocenters. The molecule has 3 aromatic heterocycles. The Morgan fingerprint density at radius 1 is 1.07 bits per heavy atom. The monoisotopic (exact) mass is 378 g/mol. The Bertz CT molecular complexity index is 1100. The van der Waals surface area contributed by atoms with E-state index in [1.807, 2.05) is 24.3 Å². The molecular weight excluding hydrogens is 364 g/mol. The molecule has 0 saturated heterocycles. The summed E-state index contributed by atoms with van der Waals surface area (Å²) in [6.07, 6.45) is 6.29. The maximum absolute atomic E-state index is 5.93. The Kier molecular flexibility index (Phi) is 4.67. The van der Waals surface area contributed by atoms with Crippen LogP contribution in [0.2, 0.25) is 5.02 Å². The first kappa shape index (κ1) is 17.0. The molecule has 0 amide bonds. The number of fused-ring (bicyclic) bond motifs is 1. The molecule has 134 valence electrons. The van der Waals surface area contributed by atoms with Gasteiger partial charge in [-0.15, -0.1) is 0 Å². The lowest BCUT2D eigenvalue weighted by molar-refractivity contribution is 0.459. The number of nitrogens with two attached hydrogens (primary N) is 1. The van der Waals surface area contributed by atoms with Crippen molar-refractivity contribution in [2.24, 2.45) is 0 Å². The molecule has 0 fully saturated rings. The van der Waals surface area contributed by atoms with Gasteiger partial charge in [-0.1, -0.05) is 23.7 Å². The van der Waals surface area contributed by atoms with Crippen LogP contribution in [0.1, 0.15) is 5.56 Å². The van der Waals surface area contributed by atoms with Crippen LogP contribution in [0.4, 0.5) is 11.6 Å². The summed E-state index contributed by atoms with van der Waals surface area (Å²) in [5.74, 6) is 1.48. The SMILES string of the molecule is Nc1ncc(Oc2cncc(Cl)c2)nc1NCc1ccc2ncccc2c1. The summed E-state index contributed by atoms with van der Waals surface area (Å²) < 4.78 is 5.64. The molecule has 0 aliphatic carbocycles. The van der Waals surface area contributed by atoms with E-state index in [4.69, 9.17) is 22.1 Å². The van der Waals surface area contributed by atoms with Gasteiger partial charge in [0.2, 0.25) is 5.88 Å². The average Bonchev–Trinajstić information content (AvgIpc) is 2.68. The first-order chi connectivity index (χ1) is 13.2. The number of nitrogens with zero attached hydrogens (tertiary/aromatic N) is 4.